The Hall–Kier alpha value is -2.45. The van der Waals surface area contributed by atoms with Gasteiger partial charge < -0.3 is 19.1 Å². The third kappa shape index (κ3) is 3.42. The van der Waals surface area contributed by atoms with Crippen molar-refractivity contribution in [2.24, 2.45) is 0 Å². The van der Waals surface area contributed by atoms with Gasteiger partial charge >= 0.3 is 0 Å². The van der Waals surface area contributed by atoms with E-state index in [0.717, 1.165) is 11.4 Å². The highest BCUT2D eigenvalue weighted by molar-refractivity contribution is 7.89. The van der Waals surface area contributed by atoms with E-state index in [9.17, 15) is 8.42 Å². The van der Waals surface area contributed by atoms with E-state index in [1.165, 1.54) is 10.4 Å². The van der Waals surface area contributed by atoms with Crippen molar-refractivity contribution < 1.29 is 22.6 Å². The van der Waals surface area contributed by atoms with Crippen molar-refractivity contribution in [3.63, 3.8) is 0 Å². The predicted octanol–water partition coefficient (Wildman–Crippen LogP) is 2.32. The van der Waals surface area contributed by atoms with Crippen LogP contribution in [0.1, 0.15) is 6.92 Å². The number of piperazine rings is 1. The van der Waals surface area contributed by atoms with Gasteiger partial charge in [0.15, 0.2) is 11.5 Å². The van der Waals surface area contributed by atoms with Gasteiger partial charge in [0.05, 0.1) is 17.2 Å². The fourth-order valence-electron chi connectivity index (χ4n) is 3.35. The van der Waals surface area contributed by atoms with Crippen molar-refractivity contribution >= 4 is 15.7 Å². The minimum atomic E-state index is -3.57. The third-order valence-electron chi connectivity index (χ3n) is 4.73. The molecule has 0 saturated carbocycles. The molecule has 0 radical (unpaired) electrons. The van der Waals surface area contributed by atoms with E-state index in [4.69, 9.17) is 14.2 Å². The molecule has 4 rings (SSSR count). The lowest BCUT2D eigenvalue weighted by Crippen LogP contribution is -2.48. The van der Waals surface area contributed by atoms with Crippen LogP contribution in [-0.2, 0) is 10.0 Å². The molecule has 144 valence electrons. The maximum Gasteiger partial charge on any atom is 0.243 e. The summed E-state index contributed by atoms with van der Waals surface area (Å²) >= 11 is 0. The molecule has 0 N–H and O–H groups in total. The maximum atomic E-state index is 13.0. The number of fused-ring (bicyclic) bond motifs is 1. The molecule has 0 unspecified atom stereocenters. The minimum Gasteiger partial charge on any atom is -0.492 e. The van der Waals surface area contributed by atoms with Crippen LogP contribution >= 0.6 is 0 Å². The molecule has 2 aliphatic rings. The van der Waals surface area contributed by atoms with Crippen molar-refractivity contribution in [1.29, 1.82) is 0 Å². The Bertz CT molecular complexity index is 923. The van der Waals surface area contributed by atoms with Crippen LogP contribution < -0.4 is 19.1 Å². The Kier molecular flexibility index (Phi) is 4.84. The van der Waals surface area contributed by atoms with Gasteiger partial charge in [-0.2, -0.15) is 4.31 Å². The normalized spacial score (nSPS) is 17.1. The highest BCUT2D eigenvalue weighted by Crippen LogP contribution is 2.35. The number of nitrogens with zero attached hydrogens (tertiary/aromatic N) is 2. The molecular weight excluding hydrogens is 368 g/mol. The van der Waals surface area contributed by atoms with Crippen LogP contribution in [-0.4, -0.2) is 52.3 Å². The molecule has 0 bridgehead atoms. The van der Waals surface area contributed by atoms with Crippen LogP contribution in [0.5, 0.6) is 17.2 Å². The van der Waals surface area contributed by atoms with Crippen LogP contribution in [0.25, 0.3) is 0 Å². The molecule has 2 aromatic carbocycles. The van der Waals surface area contributed by atoms with Gasteiger partial charge in [0.2, 0.25) is 16.8 Å². The predicted molar refractivity (Wildman–Crippen MR) is 101 cm³/mol. The van der Waals surface area contributed by atoms with E-state index >= 15 is 0 Å². The lowest BCUT2D eigenvalue weighted by atomic mass is 10.2. The van der Waals surface area contributed by atoms with Crippen LogP contribution in [0.2, 0.25) is 0 Å². The summed E-state index contributed by atoms with van der Waals surface area (Å²) < 4.78 is 43.7. The summed E-state index contributed by atoms with van der Waals surface area (Å²) in [5.74, 6) is 1.87. The lowest BCUT2D eigenvalue weighted by Gasteiger charge is -2.36. The number of anilines is 1. The monoisotopic (exact) mass is 390 g/mol. The summed E-state index contributed by atoms with van der Waals surface area (Å²) in [7, 11) is -3.57. The van der Waals surface area contributed by atoms with E-state index in [0.29, 0.717) is 44.3 Å². The highest BCUT2D eigenvalue weighted by atomic mass is 32.2. The van der Waals surface area contributed by atoms with Crippen molar-refractivity contribution in [2.75, 3.05) is 44.5 Å². The van der Waals surface area contributed by atoms with E-state index in [1.807, 2.05) is 31.2 Å². The fourth-order valence-corrected chi connectivity index (χ4v) is 4.79. The molecule has 2 heterocycles. The molecular formula is C19H22N2O5S. The Labute approximate surface area is 159 Å². The molecule has 7 nitrogen and oxygen atoms in total. The van der Waals surface area contributed by atoms with Gasteiger partial charge in [0.25, 0.3) is 0 Å². The first-order chi connectivity index (χ1) is 13.1. The molecule has 27 heavy (non-hydrogen) atoms. The Morgan fingerprint density at radius 3 is 2.52 bits per heavy atom. The highest BCUT2D eigenvalue weighted by Gasteiger charge is 2.30. The van der Waals surface area contributed by atoms with Gasteiger partial charge in [0, 0.05) is 32.2 Å². The first-order valence-corrected chi connectivity index (χ1v) is 10.4. The SMILES string of the molecule is CCOc1ccccc1N1CCN(S(=O)(=O)c2ccc3c(c2)OCO3)CC1. The number of ether oxygens (including phenoxy) is 3. The summed E-state index contributed by atoms with van der Waals surface area (Å²) in [5, 5.41) is 0. The second-order valence-electron chi connectivity index (χ2n) is 6.31. The zero-order valence-corrected chi connectivity index (χ0v) is 15.9. The van der Waals surface area contributed by atoms with Crippen LogP contribution in [0, 0.1) is 0 Å². The first kappa shape index (κ1) is 17.9. The molecule has 0 amide bonds. The van der Waals surface area contributed by atoms with Gasteiger partial charge in [0.1, 0.15) is 5.75 Å². The summed E-state index contributed by atoms with van der Waals surface area (Å²) in [6, 6.07) is 12.6. The van der Waals surface area contributed by atoms with E-state index < -0.39 is 10.0 Å². The summed E-state index contributed by atoms with van der Waals surface area (Å²) in [6.07, 6.45) is 0. The van der Waals surface area contributed by atoms with E-state index in [2.05, 4.69) is 4.90 Å². The molecule has 8 heteroatoms. The smallest absolute Gasteiger partial charge is 0.243 e. The number of para-hydroxylation sites is 2. The number of benzene rings is 2. The summed E-state index contributed by atoms with van der Waals surface area (Å²) in [4.78, 5) is 2.39. The van der Waals surface area contributed by atoms with Crippen molar-refractivity contribution in [3.05, 3.63) is 42.5 Å². The quantitative estimate of drug-likeness (QED) is 0.781. The van der Waals surface area contributed by atoms with Gasteiger partial charge in [-0.15, -0.1) is 0 Å². The first-order valence-electron chi connectivity index (χ1n) is 8.96. The second-order valence-corrected chi connectivity index (χ2v) is 8.24. The Morgan fingerprint density at radius 2 is 1.74 bits per heavy atom. The zero-order chi connectivity index (χ0) is 18.9. The number of hydrogen-bond acceptors (Lipinski definition) is 6. The topological polar surface area (TPSA) is 68.3 Å². The second kappa shape index (κ2) is 7.28. The molecule has 0 atom stereocenters. The van der Waals surface area contributed by atoms with Gasteiger partial charge in [-0.1, -0.05) is 12.1 Å². The number of sulfonamides is 1. The van der Waals surface area contributed by atoms with Crippen molar-refractivity contribution in [3.8, 4) is 17.2 Å². The summed E-state index contributed by atoms with van der Waals surface area (Å²) in [6.45, 7) is 4.70. The molecule has 1 fully saturated rings. The van der Waals surface area contributed by atoms with Crippen molar-refractivity contribution in [1.82, 2.24) is 4.31 Å². The van der Waals surface area contributed by atoms with E-state index in [-0.39, 0.29) is 11.7 Å². The van der Waals surface area contributed by atoms with Gasteiger partial charge in [-0.3, -0.25) is 0 Å². The number of rotatable bonds is 5. The van der Waals surface area contributed by atoms with Crippen LogP contribution in [0.3, 0.4) is 0 Å². The molecule has 0 aliphatic carbocycles. The van der Waals surface area contributed by atoms with Gasteiger partial charge in [-0.25, -0.2) is 8.42 Å². The van der Waals surface area contributed by atoms with Crippen LogP contribution in [0.15, 0.2) is 47.4 Å². The molecule has 2 aliphatic heterocycles. The number of hydrogen-bond donors (Lipinski definition) is 0. The average molecular weight is 390 g/mol. The van der Waals surface area contributed by atoms with Crippen molar-refractivity contribution in [2.45, 2.75) is 11.8 Å². The Morgan fingerprint density at radius 1 is 1.00 bits per heavy atom. The standard InChI is InChI=1S/C19H22N2O5S/c1-2-24-17-6-4-3-5-16(17)20-9-11-21(12-10-20)27(22,23)15-7-8-18-19(13-15)26-14-25-18/h3-8,13H,2,9-12,14H2,1H3. The lowest BCUT2D eigenvalue weighted by molar-refractivity contribution is 0.174. The average Bonchev–Trinajstić information content (AvgIpc) is 3.17. The molecule has 1 saturated heterocycles. The third-order valence-corrected chi connectivity index (χ3v) is 6.62. The molecule has 2 aromatic rings. The van der Waals surface area contributed by atoms with Crippen LogP contribution in [0.4, 0.5) is 5.69 Å². The summed E-state index contributed by atoms with van der Waals surface area (Å²) in [5.41, 5.74) is 1.000. The molecule has 0 spiro atoms. The maximum absolute atomic E-state index is 13.0. The van der Waals surface area contributed by atoms with E-state index in [1.54, 1.807) is 12.1 Å². The Balaban J connectivity index is 1.49. The minimum absolute atomic E-state index is 0.122. The zero-order valence-electron chi connectivity index (χ0n) is 15.1. The fraction of sp³-hybridized carbons (Fsp3) is 0.368. The molecule has 0 aromatic heterocycles. The largest absolute Gasteiger partial charge is 0.492 e. The van der Waals surface area contributed by atoms with Gasteiger partial charge in [-0.05, 0) is 31.2 Å².